The molecule has 1 rings (SSSR count). The van der Waals surface area contributed by atoms with Gasteiger partial charge < -0.3 is 10.1 Å². The maximum Gasteiger partial charge on any atom is 0.124 e. The van der Waals surface area contributed by atoms with Gasteiger partial charge in [0.2, 0.25) is 0 Å². The number of hydrogen-bond acceptors (Lipinski definition) is 2. The zero-order valence-corrected chi connectivity index (χ0v) is 10.5. The van der Waals surface area contributed by atoms with E-state index < -0.39 is 0 Å². The summed E-state index contributed by atoms with van der Waals surface area (Å²) >= 11 is 3.28. The Morgan fingerprint density at radius 1 is 1.47 bits per heavy atom. The van der Waals surface area contributed by atoms with Gasteiger partial charge in [0.25, 0.3) is 0 Å². The van der Waals surface area contributed by atoms with Crippen molar-refractivity contribution in [2.45, 2.75) is 20.0 Å². The van der Waals surface area contributed by atoms with Crippen molar-refractivity contribution in [2.75, 3.05) is 18.5 Å². The van der Waals surface area contributed by atoms with Crippen molar-refractivity contribution in [3.05, 3.63) is 28.5 Å². The average molecular weight is 276 g/mol. The minimum atomic E-state index is -0.245. The van der Waals surface area contributed by atoms with E-state index in [2.05, 4.69) is 21.2 Å². The van der Waals surface area contributed by atoms with Gasteiger partial charge in [0.1, 0.15) is 5.82 Å². The molecule has 0 bridgehead atoms. The summed E-state index contributed by atoms with van der Waals surface area (Å²) in [4.78, 5) is 0. The van der Waals surface area contributed by atoms with Crippen LogP contribution in [0.2, 0.25) is 0 Å². The predicted octanol–water partition coefficient (Wildman–Crippen LogP) is 3.43. The lowest BCUT2D eigenvalue weighted by Crippen LogP contribution is -2.13. The van der Waals surface area contributed by atoms with Gasteiger partial charge >= 0.3 is 0 Å². The molecule has 0 aliphatic rings. The lowest BCUT2D eigenvalue weighted by molar-refractivity contribution is 0.0870. The van der Waals surface area contributed by atoms with Crippen LogP contribution in [0.15, 0.2) is 22.7 Å². The van der Waals surface area contributed by atoms with Crippen LogP contribution in [-0.2, 0) is 4.74 Å². The van der Waals surface area contributed by atoms with Crippen LogP contribution in [0.25, 0.3) is 0 Å². The second-order valence-electron chi connectivity index (χ2n) is 3.47. The van der Waals surface area contributed by atoms with Crippen LogP contribution in [0.4, 0.5) is 10.1 Å². The molecule has 0 heterocycles. The predicted molar refractivity (Wildman–Crippen MR) is 63.7 cm³/mol. The Labute approximate surface area is 98.0 Å². The van der Waals surface area contributed by atoms with Crippen molar-refractivity contribution in [2.24, 2.45) is 0 Å². The number of anilines is 1. The second kappa shape index (κ2) is 6.08. The van der Waals surface area contributed by atoms with Crippen molar-refractivity contribution in [1.82, 2.24) is 0 Å². The molecule has 4 heteroatoms. The zero-order valence-electron chi connectivity index (χ0n) is 8.89. The smallest absolute Gasteiger partial charge is 0.124 e. The number of rotatable bonds is 5. The van der Waals surface area contributed by atoms with E-state index in [4.69, 9.17) is 4.74 Å². The van der Waals surface area contributed by atoms with E-state index in [1.54, 1.807) is 6.07 Å². The lowest BCUT2D eigenvalue weighted by atomic mass is 10.3. The van der Waals surface area contributed by atoms with E-state index >= 15 is 0 Å². The summed E-state index contributed by atoms with van der Waals surface area (Å²) < 4.78 is 18.9. The Morgan fingerprint density at radius 2 is 2.20 bits per heavy atom. The number of benzene rings is 1. The summed E-state index contributed by atoms with van der Waals surface area (Å²) in [6.45, 7) is 5.34. The molecule has 0 amide bonds. The minimum absolute atomic E-state index is 0.239. The molecule has 84 valence electrons. The minimum Gasteiger partial charge on any atom is -0.382 e. The summed E-state index contributed by atoms with van der Waals surface area (Å²) in [6.07, 6.45) is 0.239. The molecule has 0 aliphatic carbocycles. The first-order valence-corrected chi connectivity index (χ1v) is 5.69. The highest BCUT2D eigenvalue weighted by molar-refractivity contribution is 9.10. The monoisotopic (exact) mass is 275 g/mol. The molecular formula is C11H15BrFNO. The van der Waals surface area contributed by atoms with Gasteiger partial charge in [0, 0.05) is 16.7 Å². The van der Waals surface area contributed by atoms with E-state index in [-0.39, 0.29) is 11.9 Å². The third kappa shape index (κ3) is 4.62. The number of hydrogen-bond donors (Lipinski definition) is 1. The molecule has 0 spiro atoms. The van der Waals surface area contributed by atoms with Crippen LogP contribution in [-0.4, -0.2) is 19.3 Å². The van der Waals surface area contributed by atoms with Crippen molar-refractivity contribution >= 4 is 21.6 Å². The van der Waals surface area contributed by atoms with Crippen molar-refractivity contribution in [1.29, 1.82) is 0 Å². The first kappa shape index (κ1) is 12.5. The summed E-state index contributed by atoms with van der Waals surface area (Å²) in [5, 5.41) is 3.16. The molecule has 1 aromatic carbocycles. The Kier molecular flexibility index (Phi) is 5.05. The molecule has 0 fully saturated rings. The van der Waals surface area contributed by atoms with Crippen molar-refractivity contribution in [3.8, 4) is 0 Å². The molecule has 15 heavy (non-hydrogen) atoms. The number of nitrogens with one attached hydrogen (secondary N) is 1. The normalized spacial score (nSPS) is 10.7. The third-order valence-electron chi connectivity index (χ3n) is 1.80. The first-order chi connectivity index (χ1) is 7.09. The van der Waals surface area contributed by atoms with Gasteiger partial charge in [0.15, 0.2) is 0 Å². The fraction of sp³-hybridized carbons (Fsp3) is 0.455. The van der Waals surface area contributed by atoms with Crippen molar-refractivity contribution < 1.29 is 9.13 Å². The molecule has 0 unspecified atom stereocenters. The Hall–Kier alpha value is -0.610. The van der Waals surface area contributed by atoms with Gasteiger partial charge in [0.05, 0.1) is 12.7 Å². The quantitative estimate of drug-likeness (QED) is 0.832. The summed E-state index contributed by atoms with van der Waals surface area (Å²) in [6, 6.07) is 4.57. The zero-order chi connectivity index (χ0) is 11.3. The van der Waals surface area contributed by atoms with Gasteiger partial charge in [-0.1, -0.05) is 0 Å². The second-order valence-corrected chi connectivity index (χ2v) is 4.32. The topological polar surface area (TPSA) is 21.3 Å². The van der Waals surface area contributed by atoms with Gasteiger partial charge in [-0.3, -0.25) is 0 Å². The SMILES string of the molecule is CC(C)OCCNc1ccc(F)cc1Br. The van der Waals surface area contributed by atoms with E-state index in [9.17, 15) is 4.39 Å². The molecular weight excluding hydrogens is 261 g/mol. The van der Waals surface area contributed by atoms with Crippen LogP contribution < -0.4 is 5.32 Å². The highest BCUT2D eigenvalue weighted by Gasteiger charge is 2.00. The third-order valence-corrected chi connectivity index (χ3v) is 2.46. The molecule has 2 nitrogen and oxygen atoms in total. The number of halogens is 2. The largest absolute Gasteiger partial charge is 0.382 e. The van der Waals surface area contributed by atoms with Gasteiger partial charge in [-0.15, -0.1) is 0 Å². The number of ether oxygens (including phenoxy) is 1. The summed E-state index contributed by atoms with van der Waals surface area (Å²) in [5.74, 6) is -0.245. The maximum absolute atomic E-state index is 12.8. The molecule has 1 N–H and O–H groups in total. The molecule has 0 saturated carbocycles. The van der Waals surface area contributed by atoms with E-state index in [0.717, 1.165) is 10.2 Å². The van der Waals surface area contributed by atoms with Gasteiger partial charge in [-0.25, -0.2) is 4.39 Å². The molecule has 1 aromatic rings. The fourth-order valence-corrected chi connectivity index (χ4v) is 1.60. The first-order valence-electron chi connectivity index (χ1n) is 4.90. The molecule has 0 aromatic heterocycles. The highest BCUT2D eigenvalue weighted by atomic mass is 79.9. The van der Waals surface area contributed by atoms with Crippen LogP contribution in [0, 0.1) is 5.82 Å². The standard InChI is InChI=1S/C11H15BrFNO/c1-8(2)15-6-5-14-11-4-3-9(13)7-10(11)12/h3-4,7-8,14H,5-6H2,1-2H3. The molecule has 0 saturated heterocycles. The Balaban J connectivity index is 2.37. The van der Waals surface area contributed by atoms with Crippen LogP contribution >= 0.6 is 15.9 Å². The molecule has 0 atom stereocenters. The lowest BCUT2D eigenvalue weighted by Gasteiger charge is -2.10. The Morgan fingerprint density at radius 3 is 2.80 bits per heavy atom. The van der Waals surface area contributed by atoms with Gasteiger partial charge in [-0.05, 0) is 48.0 Å². The molecule has 0 radical (unpaired) electrons. The highest BCUT2D eigenvalue weighted by Crippen LogP contribution is 2.22. The van der Waals surface area contributed by atoms with Crippen LogP contribution in [0.1, 0.15) is 13.8 Å². The summed E-state index contributed by atoms with van der Waals surface area (Å²) in [7, 11) is 0. The van der Waals surface area contributed by atoms with E-state index in [0.29, 0.717) is 13.2 Å². The fourth-order valence-electron chi connectivity index (χ4n) is 1.11. The van der Waals surface area contributed by atoms with E-state index in [1.807, 2.05) is 13.8 Å². The average Bonchev–Trinajstić information content (AvgIpc) is 2.14. The Bertz CT molecular complexity index is 317. The molecule has 0 aliphatic heterocycles. The van der Waals surface area contributed by atoms with Gasteiger partial charge in [-0.2, -0.15) is 0 Å². The van der Waals surface area contributed by atoms with Crippen LogP contribution in [0.3, 0.4) is 0 Å². The van der Waals surface area contributed by atoms with Crippen LogP contribution in [0.5, 0.6) is 0 Å². The van der Waals surface area contributed by atoms with Crippen molar-refractivity contribution in [3.63, 3.8) is 0 Å². The summed E-state index contributed by atoms with van der Waals surface area (Å²) in [5.41, 5.74) is 0.878. The van der Waals surface area contributed by atoms with E-state index in [1.165, 1.54) is 12.1 Å². The maximum atomic E-state index is 12.8.